The monoisotopic (exact) mass is 234 g/mol. The Morgan fingerprint density at radius 3 is 1.82 bits per heavy atom. The molecule has 1 fully saturated rings. The number of amides is 1. The van der Waals surface area contributed by atoms with Gasteiger partial charge in [0.2, 0.25) is 5.91 Å². The lowest BCUT2D eigenvalue weighted by atomic mass is 9.96. The third kappa shape index (κ3) is 5.50. The zero-order chi connectivity index (χ0) is 12.5. The molecule has 0 atom stereocenters. The van der Waals surface area contributed by atoms with Crippen LogP contribution in [0.3, 0.4) is 0 Å². The van der Waals surface area contributed by atoms with Crippen molar-refractivity contribution in [2.24, 2.45) is 11.7 Å². The Kier molecular flexibility index (Phi) is 6.33. The quantitative estimate of drug-likeness (QED) is 0.849. The average molecular weight is 234 g/mol. The molecular weight excluding hydrogens is 212 g/mol. The number of nitrogens with zero attached hydrogens (tertiary/aromatic N) is 1. The topological polar surface area (TPSA) is 46.3 Å². The molecule has 1 amide bonds. The summed E-state index contributed by atoms with van der Waals surface area (Å²) in [6.07, 6.45) is 1.90. The fraction of sp³-hybridized carbons (Fsp3) is 0.500. The van der Waals surface area contributed by atoms with Gasteiger partial charge in [-0.25, -0.2) is 0 Å². The normalized spacial score (nSPS) is 17.0. The van der Waals surface area contributed by atoms with Gasteiger partial charge in [-0.05, 0) is 32.5 Å². The highest BCUT2D eigenvalue weighted by atomic mass is 16.1. The molecule has 0 bridgehead atoms. The maximum absolute atomic E-state index is 10.8. The van der Waals surface area contributed by atoms with E-state index < -0.39 is 0 Å². The van der Waals surface area contributed by atoms with E-state index >= 15 is 0 Å². The predicted molar refractivity (Wildman–Crippen MR) is 70.5 cm³/mol. The summed E-state index contributed by atoms with van der Waals surface area (Å²) in [7, 11) is 0. The zero-order valence-electron chi connectivity index (χ0n) is 10.5. The van der Waals surface area contributed by atoms with E-state index in [2.05, 4.69) is 11.8 Å². The van der Waals surface area contributed by atoms with Crippen LogP contribution >= 0.6 is 0 Å². The van der Waals surface area contributed by atoms with Crippen molar-refractivity contribution in [1.29, 1.82) is 0 Å². The molecule has 2 rings (SSSR count). The first kappa shape index (κ1) is 13.7. The number of hydrogen-bond donors (Lipinski definition) is 1. The SMILES string of the molecule is CCN1CCC(C(N)=O)CC1.c1ccccc1. The van der Waals surface area contributed by atoms with Gasteiger partial charge in [-0.15, -0.1) is 0 Å². The molecular formula is C14H22N2O. The van der Waals surface area contributed by atoms with E-state index in [9.17, 15) is 4.79 Å². The van der Waals surface area contributed by atoms with Crippen LogP contribution in [0.1, 0.15) is 19.8 Å². The van der Waals surface area contributed by atoms with E-state index in [1.54, 1.807) is 0 Å². The number of likely N-dealkylation sites (tertiary alicyclic amines) is 1. The highest BCUT2D eigenvalue weighted by molar-refractivity contribution is 5.76. The number of primary amides is 1. The van der Waals surface area contributed by atoms with Crippen LogP contribution in [0, 0.1) is 5.92 Å². The molecule has 2 N–H and O–H groups in total. The summed E-state index contributed by atoms with van der Waals surface area (Å²) in [5.74, 6) is 0.0125. The maximum atomic E-state index is 10.8. The minimum Gasteiger partial charge on any atom is -0.369 e. The minimum absolute atomic E-state index is 0.124. The van der Waals surface area contributed by atoms with Gasteiger partial charge in [-0.1, -0.05) is 43.3 Å². The Morgan fingerprint density at radius 1 is 1.12 bits per heavy atom. The van der Waals surface area contributed by atoms with Crippen LogP contribution in [0.25, 0.3) is 0 Å². The first-order valence-electron chi connectivity index (χ1n) is 6.25. The number of nitrogens with two attached hydrogens (primary N) is 1. The molecule has 1 saturated heterocycles. The summed E-state index contributed by atoms with van der Waals surface area (Å²) in [5.41, 5.74) is 5.20. The van der Waals surface area contributed by atoms with Gasteiger partial charge in [0.15, 0.2) is 0 Å². The molecule has 17 heavy (non-hydrogen) atoms. The molecule has 3 heteroatoms. The second-order valence-corrected chi connectivity index (χ2v) is 4.27. The van der Waals surface area contributed by atoms with Crippen molar-refractivity contribution in [3.05, 3.63) is 36.4 Å². The second-order valence-electron chi connectivity index (χ2n) is 4.27. The van der Waals surface area contributed by atoms with Gasteiger partial charge >= 0.3 is 0 Å². The summed E-state index contributed by atoms with van der Waals surface area (Å²) in [6.45, 7) is 5.30. The number of rotatable bonds is 2. The molecule has 94 valence electrons. The molecule has 1 aromatic rings. The van der Waals surface area contributed by atoms with Gasteiger partial charge in [0.1, 0.15) is 0 Å². The van der Waals surface area contributed by atoms with Crippen molar-refractivity contribution in [1.82, 2.24) is 4.90 Å². The second kappa shape index (κ2) is 7.85. The Labute approximate surface area is 104 Å². The summed E-state index contributed by atoms with van der Waals surface area (Å²) in [4.78, 5) is 13.1. The third-order valence-electron chi connectivity index (χ3n) is 3.10. The van der Waals surface area contributed by atoms with Gasteiger partial charge in [0.05, 0.1) is 0 Å². The lowest BCUT2D eigenvalue weighted by molar-refractivity contribution is -0.123. The van der Waals surface area contributed by atoms with Crippen LogP contribution in [0.4, 0.5) is 0 Å². The van der Waals surface area contributed by atoms with Gasteiger partial charge < -0.3 is 10.6 Å². The fourth-order valence-corrected chi connectivity index (χ4v) is 1.92. The predicted octanol–water partition coefficient (Wildman–Crippen LogP) is 1.89. The molecule has 1 aromatic carbocycles. The highest BCUT2D eigenvalue weighted by Gasteiger charge is 2.21. The smallest absolute Gasteiger partial charge is 0.220 e. The van der Waals surface area contributed by atoms with Crippen LogP contribution in [0.5, 0.6) is 0 Å². The van der Waals surface area contributed by atoms with Crippen molar-refractivity contribution in [3.63, 3.8) is 0 Å². The van der Waals surface area contributed by atoms with Crippen LogP contribution in [0.2, 0.25) is 0 Å². The fourth-order valence-electron chi connectivity index (χ4n) is 1.92. The number of carbonyl (C=O) groups is 1. The summed E-state index contributed by atoms with van der Waals surface area (Å²) in [5, 5.41) is 0. The van der Waals surface area contributed by atoms with Crippen LogP contribution < -0.4 is 5.73 Å². The lowest BCUT2D eigenvalue weighted by Crippen LogP contribution is -2.38. The van der Waals surface area contributed by atoms with E-state index in [1.165, 1.54) is 0 Å². The molecule has 0 spiro atoms. The van der Waals surface area contributed by atoms with Gasteiger partial charge in [-0.3, -0.25) is 4.79 Å². The van der Waals surface area contributed by atoms with E-state index in [0.29, 0.717) is 0 Å². The van der Waals surface area contributed by atoms with Crippen LogP contribution in [-0.4, -0.2) is 30.4 Å². The van der Waals surface area contributed by atoms with E-state index in [0.717, 1.165) is 32.5 Å². The van der Waals surface area contributed by atoms with E-state index in [-0.39, 0.29) is 11.8 Å². The molecule has 0 unspecified atom stereocenters. The van der Waals surface area contributed by atoms with Gasteiger partial charge in [-0.2, -0.15) is 0 Å². The van der Waals surface area contributed by atoms with Crippen LogP contribution in [0.15, 0.2) is 36.4 Å². The first-order chi connectivity index (χ1) is 8.24. The standard InChI is InChI=1S/C8H16N2O.C6H6/c1-2-10-5-3-7(4-6-10)8(9)11;1-2-4-6-5-3-1/h7H,2-6H2,1H3,(H2,9,11);1-6H. The van der Waals surface area contributed by atoms with E-state index in [4.69, 9.17) is 5.73 Å². The molecule has 1 heterocycles. The van der Waals surface area contributed by atoms with Gasteiger partial charge in [0.25, 0.3) is 0 Å². The highest BCUT2D eigenvalue weighted by Crippen LogP contribution is 2.15. The Hall–Kier alpha value is -1.35. The van der Waals surface area contributed by atoms with Crippen molar-refractivity contribution in [2.75, 3.05) is 19.6 Å². The Balaban J connectivity index is 0.000000202. The van der Waals surface area contributed by atoms with Crippen molar-refractivity contribution < 1.29 is 4.79 Å². The van der Waals surface area contributed by atoms with Crippen molar-refractivity contribution in [3.8, 4) is 0 Å². The van der Waals surface area contributed by atoms with Crippen molar-refractivity contribution >= 4 is 5.91 Å². The lowest BCUT2D eigenvalue weighted by Gasteiger charge is -2.29. The molecule has 1 aliphatic rings. The van der Waals surface area contributed by atoms with E-state index in [1.807, 2.05) is 36.4 Å². The van der Waals surface area contributed by atoms with Crippen molar-refractivity contribution in [2.45, 2.75) is 19.8 Å². The summed E-state index contributed by atoms with van der Waals surface area (Å²) in [6, 6.07) is 12.0. The molecule has 0 aliphatic carbocycles. The number of benzene rings is 1. The molecule has 3 nitrogen and oxygen atoms in total. The Morgan fingerprint density at radius 2 is 1.53 bits per heavy atom. The third-order valence-corrected chi connectivity index (χ3v) is 3.10. The van der Waals surface area contributed by atoms with Gasteiger partial charge in [0, 0.05) is 5.92 Å². The largest absolute Gasteiger partial charge is 0.369 e. The number of carbonyl (C=O) groups excluding carboxylic acids is 1. The maximum Gasteiger partial charge on any atom is 0.220 e. The van der Waals surface area contributed by atoms with Crippen LogP contribution in [-0.2, 0) is 4.79 Å². The number of piperidine rings is 1. The Bertz CT molecular complexity index is 279. The summed E-state index contributed by atoms with van der Waals surface area (Å²) < 4.78 is 0. The summed E-state index contributed by atoms with van der Waals surface area (Å²) >= 11 is 0. The minimum atomic E-state index is -0.124. The molecule has 0 aromatic heterocycles. The zero-order valence-corrected chi connectivity index (χ0v) is 10.5. The first-order valence-corrected chi connectivity index (χ1v) is 6.25. The number of hydrogen-bond acceptors (Lipinski definition) is 2. The molecule has 1 aliphatic heterocycles. The molecule has 0 radical (unpaired) electrons. The molecule has 0 saturated carbocycles. The average Bonchev–Trinajstić information content (AvgIpc) is 2.41.